The number of para-hydroxylation sites is 1. The minimum absolute atomic E-state index is 0.221. The molecule has 0 radical (unpaired) electrons. The molecule has 21 heavy (non-hydrogen) atoms. The number of nitrogens with one attached hydrogen (secondary N) is 1. The molecule has 1 amide bonds. The lowest BCUT2D eigenvalue weighted by Gasteiger charge is -2.11. The predicted molar refractivity (Wildman–Crippen MR) is 75.5 cm³/mol. The van der Waals surface area contributed by atoms with E-state index in [1.54, 1.807) is 18.2 Å². The lowest BCUT2D eigenvalue weighted by atomic mass is 10.1. The Balaban J connectivity index is 2.03. The second kappa shape index (κ2) is 7.33. The van der Waals surface area contributed by atoms with Crippen LogP contribution in [0.3, 0.4) is 0 Å². The van der Waals surface area contributed by atoms with E-state index in [-0.39, 0.29) is 12.5 Å². The minimum Gasteiger partial charge on any atom is -0.490 e. The minimum atomic E-state index is -0.463. The zero-order valence-electron chi connectivity index (χ0n) is 11.8. The van der Waals surface area contributed by atoms with Gasteiger partial charge in [0.2, 0.25) is 0 Å². The van der Waals surface area contributed by atoms with E-state index in [4.69, 9.17) is 9.47 Å². The smallest absolute Gasteiger partial charge is 0.330 e. The Kier molecular flexibility index (Phi) is 5.20. The van der Waals surface area contributed by atoms with E-state index < -0.39 is 5.97 Å². The molecule has 0 unspecified atom stereocenters. The highest BCUT2D eigenvalue weighted by Crippen LogP contribution is 2.33. The molecule has 1 heterocycles. The van der Waals surface area contributed by atoms with Crippen LogP contribution in [-0.4, -0.2) is 38.7 Å². The highest BCUT2D eigenvalue weighted by molar-refractivity contribution is 5.98. The molecule has 0 atom stereocenters. The van der Waals surface area contributed by atoms with Gasteiger partial charge in [-0.25, -0.2) is 4.79 Å². The van der Waals surface area contributed by atoms with Gasteiger partial charge < -0.3 is 19.5 Å². The van der Waals surface area contributed by atoms with Crippen LogP contribution >= 0.6 is 0 Å². The number of hydrogen-bond acceptors (Lipinski definition) is 5. The highest BCUT2D eigenvalue weighted by atomic mass is 16.5. The van der Waals surface area contributed by atoms with Gasteiger partial charge in [0, 0.05) is 19.0 Å². The molecular formula is C15H17NO5. The Morgan fingerprint density at radius 3 is 2.95 bits per heavy atom. The molecule has 0 aliphatic carbocycles. The number of carbonyl (C=O) groups excluding carboxylic acids is 2. The number of esters is 1. The van der Waals surface area contributed by atoms with Crippen molar-refractivity contribution in [1.29, 1.82) is 0 Å². The van der Waals surface area contributed by atoms with Crippen molar-refractivity contribution in [1.82, 2.24) is 5.32 Å². The predicted octanol–water partition coefficient (Wildman–Crippen LogP) is 1.31. The highest BCUT2D eigenvalue weighted by Gasteiger charge is 2.18. The van der Waals surface area contributed by atoms with Gasteiger partial charge in [0.1, 0.15) is 0 Å². The Bertz CT molecular complexity index is 553. The van der Waals surface area contributed by atoms with Crippen LogP contribution in [0.1, 0.15) is 16.8 Å². The number of benzene rings is 1. The zero-order chi connectivity index (χ0) is 15.1. The molecule has 0 saturated carbocycles. The monoisotopic (exact) mass is 291 g/mol. The van der Waals surface area contributed by atoms with E-state index in [2.05, 4.69) is 10.1 Å². The molecule has 0 saturated heterocycles. The van der Waals surface area contributed by atoms with Crippen LogP contribution in [0.25, 0.3) is 0 Å². The molecule has 1 aliphatic heterocycles. The zero-order valence-corrected chi connectivity index (χ0v) is 11.8. The van der Waals surface area contributed by atoms with Crippen LogP contribution in [0.5, 0.6) is 11.5 Å². The summed E-state index contributed by atoms with van der Waals surface area (Å²) in [4.78, 5) is 23.0. The summed E-state index contributed by atoms with van der Waals surface area (Å²) < 4.78 is 15.6. The van der Waals surface area contributed by atoms with Gasteiger partial charge in [0.25, 0.3) is 5.91 Å². The lowest BCUT2D eigenvalue weighted by molar-refractivity contribution is -0.134. The summed E-state index contributed by atoms with van der Waals surface area (Å²) in [5, 5.41) is 2.68. The van der Waals surface area contributed by atoms with Crippen molar-refractivity contribution >= 4 is 11.9 Å². The molecule has 0 spiro atoms. The van der Waals surface area contributed by atoms with Crippen molar-refractivity contribution in [2.45, 2.75) is 6.42 Å². The molecule has 6 nitrogen and oxygen atoms in total. The molecule has 1 aliphatic rings. The van der Waals surface area contributed by atoms with Gasteiger partial charge in [-0.3, -0.25) is 4.79 Å². The topological polar surface area (TPSA) is 73.9 Å². The number of fused-ring (bicyclic) bond motifs is 1. The van der Waals surface area contributed by atoms with Gasteiger partial charge in [-0.1, -0.05) is 12.1 Å². The van der Waals surface area contributed by atoms with Gasteiger partial charge in [0.15, 0.2) is 11.5 Å². The maximum Gasteiger partial charge on any atom is 0.330 e. The van der Waals surface area contributed by atoms with Gasteiger partial charge in [0.05, 0.1) is 25.9 Å². The summed E-state index contributed by atoms with van der Waals surface area (Å²) in [6.07, 6.45) is 3.55. The number of carbonyl (C=O) groups is 2. The van der Waals surface area contributed by atoms with E-state index >= 15 is 0 Å². The van der Waals surface area contributed by atoms with Crippen molar-refractivity contribution in [3.8, 4) is 11.5 Å². The summed E-state index contributed by atoms with van der Waals surface area (Å²) in [5.74, 6) is 0.288. The molecule has 1 N–H and O–H groups in total. The molecule has 2 rings (SSSR count). The average Bonchev–Trinajstić information content (AvgIpc) is 2.76. The fourth-order valence-electron chi connectivity index (χ4n) is 1.84. The Labute approximate surface area is 122 Å². The number of rotatable bonds is 4. The van der Waals surface area contributed by atoms with Gasteiger partial charge in [-0.05, 0) is 12.1 Å². The quantitative estimate of drug-likeness (QED) is 0.668. The van der Waals surface area contributed by atoms with Crippen molar-refractivity contribution in [3.63, 3.8) is 0 Å². The number of amides is 1. The third-order valence-corrected chi connectivity index (χ3v) is 2.85. The van der Waals surface area contributed by atoms with E-state index in [1.165, 1.54) is 19.3 Å². The first-order valence-corrected chi connectivity index (χ1v) is 6.63. The van der Waals surface area contributed by atoms with Crippen LogP contribution in [0.2, 0.25) is 0 Å². The summed E-state index contributed by atoms with van der Waals surface area (Å²) in [7, 11) is 1.29. The molecule has 0 fully saturated rings. The van der Waals surface area contributed by atoms with Crippen molar-refractivity contribution in [3.05, 3.63) is 35.9 Å². The van der Waals surface area contributed by atoms with Crippen LogP contribution in [-0.2, 0) is 9.53 Å². The normalized spacial score (nSPS) is 13.6. The second-order valence-corrected chi connectivity index (χ2v) is 4.32. The largest absolute Gasteiger partial charge is 0.490 e. The van der Waals surface area contributed by atoms with Crippen molar-refractivity contribution in [2.24, 2.45) is 0 Å². The third-order valence-electron chi connectivity index (χ3n) is 2.85. The molecular weight excluding hydrogens is 274 g/mol. The molecule has 1 aromatic rings. The summed E-state index contributed by atoms with van der Waals surface area (Å²) in [6, 6.07) is 5.19. The number of ether oxygens (including phenoxy) is 3. The van der Waals surface area contributed by atoms with Crippen molar-refractivity contribution in [2.75, 3.05) is 26.9 Å². The third kappa shape index (κ3) is 3.98. The van der Waals surface area contributed by atoms with E-state index in [9.17, 15) is 9.59 Å². The standard InChI is InChI=1S/C15H17NO5/c1-19-13(17)7-3-8-16-15(18)11-5-2-6-12-14(11)21-10-4-9-20-12/h2-3,5-7H,4,8-10H2,1H3,(H,16,18)/b7-3+. The molecule has 6 heteroatoms. The van der Waals surface area contributed by atoms with Crippen molar-refractivity contribution < 1.29 is 23.8 Å². The van der Waals surface area contributed by atoms with E-state index in [1.807, 2.05) is 0 Å². The lowest BCUT2D eigenvalue weighted by Crippen LogP contribution is -2.24. The first-order valence-electron chi connectivity index (χ1n) is 6.63. The molecule has 0 bridgehead atoms. The maximum absolute atomic E-state index is 12.1. The Morgan fingerprint density at radius 1 is 1.33 bits per heavy atom. The average molecular weight is 291 g/mol. The molecule has 0 aromatic heterocycles. The van der Waals surface area contributed by atoms with E-state index in [0.717, 1.165) is 6.42 Å². The van der Waals surface area contributed by atoms with Crippen LogP contribution < -0.4 is 14.8 Å². The van der Waals surface area contributed by atoms with E-state index in [0.29, 0.717) is 30.3 Å². The van der Waals surface area contributed by atoms with Gasteiger partial charge in [-0.2, -0.15) is 0 Å². The summed E-state index contributed by atoms with van der Waals surface area (Å²) in [5.41, 5.74) is 0.417. The SMILES string of the molecule is COC(=O)/C=C/CNC(=O)c1cccc2c1OCCCO2. The second-order valence-electron chi connectivity index (χ2n) is 4.32. The number of methoxy groups -OCH3 is 1. The van der Waals surface area contributed by atoms with Gasteiger partial charge >= 0.3 is 5.97 Å². The first kappa shape index (κ1) is 14.9. The fourth-order valence-corrected chi connectivity index (χ4v) is 1.84. The Hall–Kier alpha value is -2.50. The van der Waals surface area contributed by atoms with Crippen LogP contribution in [0.4, 0.5) is 0 Å². The van der Waals surface area contributed by atoms with Crippen LogP contribution in [0.15, 0.2) is 30.4 Å². The molecule has 112 valence electrons. The first-order chi connectivity index (χ1) is 10.2. The molecule has 1 aromatic carbocycles. The Morgan fingerprint density at radius 2 is 2.14 bits per heavy atom. The van der Waals surface area contributed by atoms with Gasteiger partial charge in [-0.15, -0.1) is 0 Å². The number of hydrogen-bond donors (Lipinski definition) is 1. The fraction of sp³-hybridized carbons (Fsp3) is 0.333. The maximum atomic E-state index is 12.1. The van der Waals surface area contributed by atoms with Crippen LogP contribution in [0, 0.1) is 0 Å². The summed E-state index contributed by atoms with van der Waals surface area (Å²) in [6.45, 7) is 1.30. The summed E-state index contributed by atoms with van der Waals surface area (Å²) >= 11 is 0.